The summed E-state index contributed by atoms with van der Waals surface area (Å²) in [6.45, 7) is 13.8. The third-order valence-corrected chi connectivity index (χ3v) is 0.833. The van der Waals surface area contributed by atoms with Crippen molar-refractivity contribution in [1.82, 2.24) is 0 Å². The Labute approximate surface area is 86.7 Å². The minimum atomic E-state index is 0. The number of allylic oxidation sites excluding steroid dienone is 2. The fourth-order valence-corrected chi connectivity index (χ4v) is 0. The second-order valence-corrected chi connectivity index (χ2v) is 1.90. The van der Waals surface area contributed by atoms with Crippen molar-refractivity contribution < 1.29 is 6.22 Å². The molecule has 1 nitrogen and oxygen atoms in total. The zero-order chi connectivity index (χ0) is 11.5. The summed E-state index contributed by atoms with van der Waals surface area (Å²) in [5.41, 5.74) is 0. The van der Waals surface area contributed by atoms with Gasteiger partial charge in [0.05, 0.1) is 0 Å². The Morgan fingerprint density at radius 1 is 0.923 bits per heavy atom. The number of carbonyl (C=O) groups is 1. The average Bonchev–Trinajstić information content (AvgIpc) is 2.22. The van der Waals surface area contributed by atoms with Crippen LogP contribution in [0.5, 0.6) is 0 Å². The lowest BCUT2D eigenvalue weighted by Crippen LogP contribution is -1.47. The fraction of sp³-hybridized carbons (Fsp3) is 0.750. The molecule has 0 rings (SSSR count). The average molecular weight is 190 g/mol. The van der Waals surface area contributed by atoms with Crippen LogP contribution >= 0.6 is 0 Å². The van der Waals surface area contributed by atoms with E-state index in [2.05, 4.69) is 13.8 Å². The maximum atomic E-state index is 8.81. The second-order valence-electron chi connectivity index (χ2n) is 1.90. The van der Waals surface area contributed by atoms with Gasteiger partial charge < -0.3 is 4.79 Å². The van der Waals surface area contributed by atoms with Crippen LogP contribution in [0.4, 0.5) is 0 Å². The molecule has 13 heavy (non-hydrogen) atoms. The van der Waals surface area contributed by atoms with E-state index in [9.17, 15) is 0 Å². The van der Waals surface area contributed by atoms with Crippen LogP contribution in [0.1, 0.15) is 62.7 Å². The molecule has 0 aromatic heterocycles. The van der Waals surface area contributed by atoms with Gasteiger partial charge in [-0.25, -0.2) is 0 Å². The summed E-state index contributed by atoms with van der Waals surface area (Å²) in [5.74, 6) is 0. The highest BCUT2D eigenvalue weighted by Crippen LogP contribution is 1.76. The molecule has 0 saturated carbocycles. The van der Waals surface area contributed by atoms with Gasteiger partial charge in [0.2, 0.25) is 0 Å². The summed E-state index contributed by atoms with van der Waals surface area (Å²) < 4.78 is 0. The first-order valence-corrected chi connectivity index (χ1v) is 5.22. The molecule has 0 atom stereocenters. The maximum Gasteiger partial charge on any atom is 0.116 e. The van der Waals surface area contributed by atoms with Crippen molar-refractivity contribution in [2.75, 3.05) is 0 Å². The molecule has 0 amide bonds. The molecular formula is C12H30O. The first kappa shape index (κ1) is 22.8. The lowest BCUT2D eigenvalue weighted by molar-refractivity contribution is -0.106. The number of hydrogen-bond acceptors (Lipinski definition) is 1. The quantitative estimate of drug-likeness (QED) is 0.426. The lowest BCUT2D eigenvalue weighted by Gasteiger charge is -1.68. The van der Waals surface area contributed by atoms with Crippen LogP contribution in [0.3, 0.4) is 0 Å². The minimum absolute atomic E-state index is 0. The number of rotatable bonds is 1. The van der Waals surface area contributed by atoms with Crippen LogP contribution in [-0.4, -0.2) is 6.29 Å². The second kappa shape index (κ2) is 63.6. The Hall–Kier alpha value is -0.590. The Bertz CT molecular complexity index is 64.7. The van der Waals surface area contributed by atoms with Crippen LogP contribution in [0.15, 0.2) is 12.2 Å². The zero-order valence-corrected chi connectivity index (χ0v) is 10.6. The van der Waals surface area contributed by atoms with Crippen molar-refractivity contribution in [3.05, 3.63) is 12.2 Å². The third kappa shape index (κ3) is 508. The lowest BCUT2D eigenvalue weighted by atomic mass is 10.4. The van der Waals surface area contributed by atoms with E-state index in [4.69, 9.17) is 4.79 Å². The van der Waals surface area contributed by atoms with E-state index >= 15 is 0 Å². The van der Waals surface area contributed by atoms with Gasteiger partial charge in [0, 0.05) is 1.43 Å². The first-order valence-electron chi connectivity index (χ1n) is 5.22. The van der Waals surface area contributed by atoms with Gasteiger partial charge in [0.15, 0.2) is 0 Å². The fourth-order valence-electron chi connectivity index (χ4n) is 0. The Morgan fingerprint density at radius 2 is 1.08 bits per heavy atom. The molecule has 0 heterocycles. The SMILES string of the molecule is C/C=C/C.CC.CC=O.CCCC.[HH]. The molecule has 0 aliphatic carbocycles. The highest BCUT2D eigenvalue weighted by Gasteiger charge is 1.56. The van der Waals surface area contributed by atoms with E-state index in [1.54, 1.807) is 0 Å². The van der Waals surface area contributed by atoms with Crippen LogP contribution in [0.2, 0.25) is 0 Å². The van der Waals surface area contributed by atoms with Crippen molar-refractivity contribution in [2.45, 2.75) is 61.3 Å². The van der Waals surface area contributed by atoms with Crippen LogP contribution in [-0.2, 0) is 4.79 Å². The maximum absolute atomic E-state index is 8.81. The van der Waals surface area contributed by atoms with E-state index in [0.717, 1.165) is 6.29 Å². The van der Waals surface area contributed by atoms with Gasteiger partial charge in [-0.15, -0.1) is 0 Å². The number of aldehydes is 1. The van der Waals surface area contributed by atoms with Crippen molar-refractivity contribution in [3.8, 4) is 0 Å². The number of hydrogen-bond donors (Lipinski definition) is 0. The molecule has 84 valence electrons. The van der Waals surface area contributed by atoms with Crippen molar-refractivity contribution in [3.63, 3.8) is 0 Å². The van der Waals surface area contributed by atoms with E-state index in [-0.39, 0.29) is 1.43 Å². The van der Waals surface area contributed by atoms with Gasteiger partial charge in [-0.2, -0.15) is 0 Å². The normalized spacial score (nSPS) is 6.69. The molecular weight excluding hydrogens is 160 g/mol. The molecule has 0 bridgehead atoms. The summed E-state index contributed by atoms with van der Waals surface area (Å²) in [6.07, 6.45) is 7.39. The summed E-state index contributed by atoms with van der Waals surface area (Å²) in [6, 6.07) is 0. The third-order valence-electron chi connectivity index (χ3n) is 0.833. The largest absolute Gasteiger partial charge is 0.304 e. The molecule has 0 aromatic carbocycles. The molecule has 0 N–H and O–H groups in total. The van der Waals surface area contributed by atoms with E-state index < -0.39 is 0 Å². The molecule has 0 aliphatic rings. The number of carbonyl (C=O) groups excluding carboxylic acids is 1. The Morgan fingerprint density at radius 3 is 1.08 bits per heavy atom. The van der Waals surface area contributed by atoms with Crippen LogP contribution in [0.25, 0.3) is 0 Å². The monoisotopic (exact) mass is 190 g/mol. The molecule has 0 saturated heterocycles. The standard InChI is InChI=1S/C4H10.C4H8.C2H4O.C2H6.H2/c2*1-3-4-2;1-2-3;1-2;/h3-4H2,1-2H3;3-4H,1-2H3;2H,1H3;1-2H3;1H/b;4-3+;;;. The van der Waals surface area contributed by atoms with Gasteiger partial charge >= 0.3 is 0 Å². The minimum Gasteiger partial charge on any atom is -0.304 e. The smallest absolute Gasteiger partial charge is 0.116 e. The van der Waals surface area contributed by atoms with E-state index in [1.165, 1.54) is 19.8 Å². The predicted octanol–water partition coefficient (Wildman–Crippen LogP) is 4.87. The Kier molecular flexibility index (Phi) is 112. The molecule has 0 fully saturated rings. The molecule has 0 aliphatic heterocycles. The summed E-state index contributed by atoms with van der Waals surface area (Å²) in [5, 5.41) is 0. The van der Waals surface area contributed by atoms with Gasteiger partial charge in [-0.05, 0) is 20.8 Å². The summed E-state index contributed by atoms with van der Waals surface area (Å²) in [4.78, 5) is 8.81. The van der Waals surface area contributed by atoms with Gasteiger partial charge in [0.25, 0.3) is 0 Å². The van der Waals surface area contributed by atoms with Gasteiger partial charge in [0.1, 0.15) is 6.29 Å². The topological polar surface area (TPSA) is 17.1 Å². The van der Waals surface area contributed by atoms with Crippen molar-refractivity contribution >= 4 is 6.29 Å². The first-order chi connectivity index (χ1) is 6.24. The van der Waals surface area contributed by atoms with E-state index in [1.807, 2.05) is 39.8 Å². The Balaban J connectivity index is -0.0000000260. The highest BCUT2D eigenvalue weighted by atomic mass is 16.1. The molecule has 0 radical (unpaired) electrons. The molecule has 0 spiro atoms. The van der Waals surface area contributed by atoms with Crippen molar-refractivity contribution in [1.29, 1.82) is 0 Å². The highest BCUT2D eigenvalue weighted by molar-refractivity contribution is 5.44. The van der Waals surface area contributed by atoms with Gasteiger partial charge in [-0.3, -0.25) is 0 Å². The summed E-state index contributed by atoms with van der Waals surface area (Å²) in [7, 11) is 0. The van der Waals surface area contributed by atoms with E-state index in [0.29, 0.717) is 0 Å². The molecule has 1 heteroatoms. The van der Waals surface area contributed by atoms with Crippen LogP contribution < -0.4 is 0 Å². The van der Waals surface area contributed by atoms with Crippen molar-refractivity contribution in [2.24, 2.45) is 0 Å². The molecule has 0 aromatic rings. The predicted molar refractivity (Wildman–Crippen MR) is 66.3 cm³/mol. The summed E-state index contributed by atoms with van der Waals surface area (Å²) >= 11 is 0. The number of unbranched alkanes of at least 4 members (excludes halogenated alkanes) is 1. The van der Waals surface area contributed by atoms with Gasteiger partial charge in [-0.1, -0.05) is 52.7 Å². The molecule has 0 unspecified atom stereocenters. The zero-order valence-electron chi connectivity index (χ0n) is 10.6. The van der Waals surface area contributed by atoms with Crippen LogP contribution in [0, 0.1) is 0 Å².